The fraction of sp³-hybridized carbons (Fsp3) is 0.0714. The smallest absolute Gasteiger partial charge is 0.340 e. The van der Waals surface area contributed by atoms with E-state index in [0.29, 0.717) is 17.0 Å². The van der Waals surface area contributed by atoms with Crippen LogP contribution in [-0.2, 0) is 0 Å². The van der Waals surface area contributed by atoms with E-state index in [1.807, 2.05) is 30.3 Å². The molecule has 2 aromatic heterocycles. The van der Waals surface area contributed by atoms with Crippen LogP contribution in [0.5, 0.6) is 0 Å². The van der Waals surface area contributed by atoms with Crippen molar-refractivity contribution >= 4 is 28.6 Å². The van der Waals surface area contributed by atoms with Crippen LogP contribution in [0.2, 0.25) is 0 Å². The SMILES string of the molecule is Cc1oc2ncnc(Nc3ccccc3)c2c1C(=O)O. The molecule has 100 valence electrons. The number of fused-ring (bicyclic) bond motifs is 1. The van der Waals surface area contributed by atoms with Crippen LogP contribution in [0.3, 0.4) is 0 Å². The number of carboxylic acid groups (broad SMARTS) is 1. The van der Waals surface area contributed by atoms with Gasteiger partial charge in [0, 0.05) is 5.69 Å². The highest BCUT2D eigenvalue weighted by Crippen LogP contribution is 2.30. The standard InChI is InChI=1S/C14H11N3O3/c1-8-10(14(18)19)11-12(15-7-16-13(11)20-8)17-9-5-3-2-4-6-9/h2-7H,1H3,(H,18,19)(H,15,16,17). The fourth-order valence-electron chi connectivity index (χ4n) is 2.05. The topological polar surface area (TPSA) is 88.3 Å². The van der Waals surface area contributed by atoms with Crippen molar-refractivity contribution in [3.8, 4) is 0 Å². The van der Waals surface area contributed by atoms with E-state index in [-0.39, 0.29) is 11.3 Å². The van der Waals surface area contributed by atoms with E-state index in [0.717, 1.165) is 5.69 Å². The third-order valence-electron chi connectivity index (χ3n) is 2.91. The van der Waals surface area contributed by atoms with E-state index in [4.69, 9.17) is 4.42 Å². The molecule has 0 amide bonds. The van der Waals surface area contributed by atoms with Crippen molar-refractivity contribution in [3.05, 3.63) is 48.0 Å². The summed E-state index contributed by atoms with van der Waals surface area (Å²) < 4.78 is 5.37. The van der Waals surface area contributed by atoms with Gasteiger partial charge >= 0.3 is 5.97 Å². The Hall–Kier alpha value is -2.89. The molecule has 0 radical (unpaired) electrons. The van der Waals surface area contributed by atoms with Gasteiger partial charge in [0.25, 0.3) is 0 Å². The number of benzene rings is 1. The minimum absolute atomic E-state index is 0.0824. The third kappa shape index (κ3) is 1.97. The van der Waals surface area contributed by atoms with Crippen molar-refractivity contribution in [3.63, 3.8) is 0 Å². The zero-order valence-electron chi connectivity index (χ0n) is 10.6. The molecular formula is C14H11N3O3. The van der Waals surface area contributed by atoms with Crippen molar-refractivity contribution in [1.82, 2.24) is 9.97 Å². The molecule has 0 unspecified atom stereocenters. The lowest BCUT2D eigenvalue weighted by atomic mass is 10.2. The average Bonchev–Trinajstić information content (AvgIpc) is 2.77. The number of aromatic nitrogens is 2. The van der Waals surface area contributed by atoms with Crippen LogP contribution in [0.1, 0.15) is 16.1 Å². The van der Waals surface area contributed by atoms with Crippen LogP contribution in [0.4, 0.5) is 11.5 Å². The van der Waals surface area contributed by atoms with Gasteiger partial charge in [-0.05, 0) is 19.1 Å². The second kappa shape index (κ2) is 4.65. The third-order valence-corrected chi connectivity index (χ3v) is 2.91. The molecule has 0 spiro atoms. The van der Waals surface area contributed by atoms with Crippen LogP contribution in [0, 0.1) is 6.92 Å². The lowest BCUT2D eigenvalue weighted by Crippen LogP contribution is -2.01. The molecule has 3 aromatic rings. The Bertz CT molecular complexity index is 781. The Morgan fingerprint density at radius 2 is 2.00 bits per heavy atom. The second-order valence-electron chi connectivity index (χ2n) is 4.23. The van der Waals surface area contributed by atoms with Gasteiger partial charge in [0.05, 0.1) is 5.39 Å². The highest BCUT2D eigenvalue weighted by atomic mass is 16.4. The van der Waals surface area contributed by atoms with Gasteiger partial charge in [-0.3, -0.25) is 0 Å². The number of anilines is 2. The number of nitrogens with zero attached hydrogens (tertiary/aromatic N) is 2. The molecule has 0 aliphatic heterocycles. The molecule has 0 saturated heterocycles. The van der Waals surface area contributed by atoms with E-state index >= 15 is 0 Å². The first kappa shape index (κ1) is 12.2. The Labute approximate surface area is 114 Å². The van der Waals surface area contributed by atoms with Crippen LogP contribution >= 0.6 is 0 Å². The van der Waals surface area contributed by atoms with E-state index in [1.165, 1.54) is 6.33 Å². The van der Waals surface area contributed by atoms with Gasteiger partial charge in [0.2, 0.25) is 5.71 Å². The molecule has 0 bridgehead atoms. The maximum absolute atomic E-state index is 11.4. The predicted molar refractivity (Wildman–Crippen MR) is 73.2 cm³/mol. The van der Waals surface area contributed by atoms with Crippen molar-refractivity contribution in [1.29, 1.82) is 0 Å². The monoisotopic (exact) mass is 269 g/mol. The van der Waals surface area contributed by atoms with E-state index in [2.05, 4.69) is 15.3 Å². The van der Waals surface area contributed by atoms with Crippen molar-refractivity contribution in [2.45, 2.75) is 6.92 Å². The first-order valence-electron chi connectivity index (χ1n) is 5.96. The summed E-state index contributed by atoms with van der Waals surface area (Å²) in [5, 5.41) is 12.8. The number of furan rings is 1. The Kier molecular flexibility index (Phi) is 2.83. The zero-order chi connectivity index (χ0) is 14.1. The summed E-state index contributed by atoms with van der Waals surface area (Å²) in [7, 11) is 0. The molecule has 20 heavy (non-hydrogen) atoms. The number of hydrogen-bond acceptors (Lipinski definition) is 5. The molecule has 0 fully saturated rings. The van der Waals surface area contributed by atoms with Gasteiger partial charge in [-0.2, -0.15) is 0 Å². The van der Waals surface area contributed by atoms with Crippen LogP contribution in [0.15, 0.2) is 41.1 Å². The van der Waals surface area contributed by atoms with Gasteiger partial charge < -0.3 is 14.8 Å². The van der Waals surface area contributed by atoms with Gasteiger partial charge in [0.1, 0.15) is 23.5 Å². The van der Waals surface area contributed by atoms with Crippen LogP contribution < -0.4 is 5.32 Å². The lowest BCUT2D eigenvalue weighted by molar-refractivity contribution is 0.0697. The molecule has 2 N–H and O–H groups in total. The Morgan fingerprint density at radius 3 is 2.70 bits per heavy atom. The number of aromatic carboxylic acids is 1. The maximum Gasteiger partial charge on any atom is 0.340 e. The maximum atomic E-state index is 11.4. The van der Waals surface area contributed by atoms with Crippen molar-refractivity contribution in [2.75, 3.05) is 5.32 Å². The molecule has 3 rings (SSSR count). The summed E-state index contributed by atoms with van der Waals surface area (Å²) in [4.78, 5) is 19.4. The number of para-hydroxylation sites is 1. The Balaban J connectivity index is 2.18. The number of rotatable bonds is 3. The number of hydrogen-bond donors (Lipinski definition) is 2. The highest BCUT2D eigenvalue weighted by Gasteiger charge is 2.22. The van der Waals surface area contributed by atoms with Crippen LogP contribution in [0.25, 0.3) is 11.1 Å². The minimum atomic E-state index is -1.06. The summed E-state index contributed by atoms with van der Waals surface area (Å²) in [6.45, 7) is 1.59. The predicted octanol–water partition coefficient (Wildman–Crippen LogP) is 2.97. The lowest BCUT2D eigenvalue weighted by Gasteiger charge is -2.06. The van der Waals surface area contributed by atoms with Crippen LogP contribution in [-0.4, -0.2) is 21.0 Å². The summed E-state index contributed by atoms with van der Waals surface area (Å²) in [6, 6.07) is 9.37. The first-order chi connectivity index (χ1) is 9.66. The quantitative estimate of drug-likeness (QED) is 0.760. The minimum Gasteiger partial charge on any atom is -0.478 e. The molecule has 2 heterocycles. The Morgan fingerprint density at radius 1 is 1.25 bits per heavy atom. The van der Waals surface area contributed by atoms with E-state index < -0.39 is 5.97 Å². The molecule has 0 saturated carbocycles. The van der Waals surface area contributed by atoms with Gasteiger partial charge in [0.15, 0.2) is 0 Å². The highest BCUT2D eigenvalue weighted by molar-refractivity contribution is 6.07. The van der Waals surface area contributed by atoms with Gasteiger partial charge in [-0.1, -0.05) is 18.2 Å². The summed E-state index contributed by atoms with van der Waals surface area (Å²) in [6.07, 6.45) is 1.34. The zero-order valence-corrected chi connectivity index (χ0v) is 10.6. The molecule has 0 aliphatic carbocycles. The van der Waals surface area contributed by atoms with Gasteiger partial charge in [-0.15, -0.1) is 0 Å². The summed E-state index contributed by atoms with van der Waals surface area (Å²) in [5.74, 6) is -0.341. The normalized spacial score (nSPS) is 10.7. The molecular weight excluding hydrogens is 258 g/mol. The largest absolute Gasteiger partial charge is 0.478 e. The summed E-state index contributed by atoms with van der Waals surface area (Å²) in [5.41, 5.74) is 1.15. The fourth-order valence-corrected chi connectivity index (χ4v) is 2.05. The average molecular weight is 269 g/mol. The molecule has 6 heteroatoms. The molecule has 0 aliphatic rings. The van der Waals surface area contributed by atoms with Crippen molar-refractivity contribution in [2.24, 2.45) is 0 Å². The molecule has 0 atom stereocenters. The first-order valence-corrected chi connectivity index (χ1v) is 5.96. The molecule has 1 aromatic carbocycles. The second-order valence-corrected chi connectivity index (χ2v) is 4.23. The van der Waals surface area contributed by atoms with Crippen molar-refractivity contribution < 1.29 is 14.3 Å². The van der Waals surface area contributed by atoms with E-state index in [9.17, 15) is 9.90 Å². The molecule has 6 nitrogen and oxygen atoms in total. The van der Waals surface area contributed by atoms with Gasteiger partial charge in [-0.25, -0.2) is 14.8 Å². The number of carboxylic acids is 1. The number of carbonyl (C=O) groups is 1. The number of aryl methyl sites for hydroxylation is 1. The van der Waals surface area contributed by atoms with E-state index in [1.54, 1.807) is 6.92 Å². The summed E-state index contributed by atoms with van der Waals surface area (Å²) >= 11 is 0. The number of nitrogens with one attached hydrogen (secondary N) is 1.